The molecule has 0 radical (unpaired) electrons. The molecule has 0 spiro atoms. The highest BCUT2D eigenvalue weighted by molar-refractivity contribution is 6.13. The van der Waals surface area contributed by atoms with Crippen LogP contribution < -0.4 is 5.32 Å². The van der Waals surface area contributed by atoms with Gasteiger partial charge in [0.2, 0.25) is 0 Å². The number of amidine groups is 2. The van der Waals surface area contributed by atoms with E-state index >= 15 is 0 Å². The van der Waals surface area contributed by atoms with Gasteiger partial charge in [0.1, 0.15) is 12.0 Å². The molecule has 4 nitrogen and oxygen atoms in total. The highest BCUT2D eigenvalue weighted by atomic mass is 15.2. The summed E-state index contributed by atoms with van der Waals surface area (Å²) in [7, 11) is 0. The van der Waals surface area contributed by atoms with Crippen LogP contribution in [-0.4, -0.2) is 11.7 Å². The van der Waals surface area contributed by atoms with Crippen molar-refractivity contribution in [2.45, 2.75) is 6.17 Å². The van der Waals surface area contributed by atoms with Crippen LogP contribution in [0.1, 0.15) is 28.4 Å². The minimum Gasteiger partial charge on any atom is -0.344 e. The maximum absolute atomic E-state index is 9.65. The Morgan fingerprint density at radius 2 is 1.24 bits per heavy atom. The molecule has 42 heavy (non-hydrogen) atoms. The number of hydrogen-bond donors (Lipinski definition) is 1. The molecule has 1 aliphatic rings. The molecule has 0 fully saturated rings. The second kappa shape index (κ2) is 11.0. The molecule has 6 aromatic rings. The van der Waals surface area contributed by atoms with Crippen molar-refractivity contribution >= 4 is 22.4 Å². The number of nitrogens with one attached hydrogen (secondary N) is 1. The van der Waals surface area contributed by atoms with Crippen LogP contribution in [0.3, 0.4) is 0 Å². The van der Waals surface area contributed by atoms with Crippen molar-refractivity contribution < 1.29 is 0 Å². The van der Waals surface area contributed by atoms with E-state index in [9.17, 15) is 5.26 Å². The van der Waals surface area contributed by atoms with Gasteiger partial charge in [-0.1, -0.05) is 133 Å². The van der Waals surface area contributed by atoms with E-state index in [4.69, 9.17) is 9.98 Å². The monoisotopic (exact) mass is 538 g/mol. The normalized spacial score (nSPS) is 14.4. The molecule has 198 valence electrons. The molecule has 1 unspecified atom stereocenters. The van der Waals surface area contributed by atoms with Crippen LogP contribution in [-0.2, 0) is 0 Å². The number of benzene rings is 6. The highest BCUT2D eigenvalue weighted by Crippen LogP contribution is 2.34. The molecule has 6 aromatic carbocycles. The summed E-state index contributed by atoms with van der Waals surface area (Å²) in [6, 6.07) is 51.7. The zero-order valence-electron chi connectivity index (χ0n) is 22.8. The Kier molecular flexibility index (Phi) is 6.60. The third-order valence-corrected chi connectivity index (χ3v) is 7.60. The van der Waals surface area contributed by atoms with Gasteiger partial charge in [-0.3, -0.25) is 0 Å². The van der Waals surface area contributed by atoms with Gasteiger partial charge in [0, 0.05) is 11.1 Å². The van der Waals surface area contributed by atoms with Crippen molar-refractivity contribution in [3.63, 3.8) is 0 Å². The SMILES string of the molecule is N#Cc1ccccc1-c1ccc2cccc(-c3ccc(C4=NC(c5ccccc5)NC(c5ccccc5)=N4)cc3)c2c1. The quantitative estimate of drug-likeness (QED) is 0.239. The average Bonchev–Trinajstić information content (AvgIpc) is 3.08. The third-order valence-electron chi connectivity index (χ3n) is 7.60. The topological polar surface area (TPSA) is 60.5 Å². The van der Waals surface area contributed by atoms with Gasteiger partial charge in [0.05, 0.1) is 11.6 Å². The Bertz CT molecular complexity index is 2000. The van der Waals surface area contributed by atoms with Crippen LogP contribution >= 0.6 is 0 Å². The van der Waals surface area contributed by atoms with Crippen molar-refractivity contribution in [2.24, 2.45) is 9.98 Å². The minimum absolute atomic E-state index is 0.235. The van der Waals surface area contributed by atoms with E-state index < -0.39 is 0 Å². The van der Waals surface area contributed by atoms with Gasteiger partial charge >= 0.3 is 0 Å². The fraction of sp³-hybridized carbons (Fsp3) is 0.0263. The van der Waals surface area contributed by atoms with Gasteiger partial charge in [-0.15, -0.1) is 0 Å². The first-order valence-electron chi connectivity index (χ1n) is 13.9. The van der Waals surface area contributed by atoms with Gasteiger partial charge in [-0.25, -0.2) is 9.98 Å². The summed E-state index contributed by atoms with van der Waals surface area (Å²) in [6.07, 6.45) is -0.235. The highest BCUT2D eigenvalue weighted by Gasteiger charge is 2.21. The summed E-state index contributed by atoms with van der Waals surface area (Å²) < 4.78 is 0. The second-order valence-corrected chi connectivity index (χ2v) is 10.2. The van der Waals surface area contributed by atoms with Crippen molar-refractivity contribution in [2.75, 3.05) is 0 Å². The first-order valence-corrected chi connectivity index (χ1v) is 13.9. The fourth-order valence-electron chi connectivity index (χ4n) is 5.45. The Hall–Kier alpha value is -5.79. The lowest BCUT2D eigenvalue weighted by atomic mass is 9.93. The number of rotatable bonds is 5. The van der Waals surface area contributed by atoms with E-state index in [1.54, 1.807) is 0 Å². The summed E-state index contributed by atoms with van der Waals surface area (Å²) in [5.41, 5.74) is 7.95. The van der Waals surface area contributed by atoms with Crippen LogP contribution in [0.4, 0.5) is 0 Å². The lowest BCUT2D eigenvalue weighted by Gasteiger charge is -2.23. The maximum atomic E-state index is 9.65. The van der Waals surface area contributed by atoms with Crippen molar-refractivity contribution in [1.82, 2.24) is 5.32 Å². The smallest absolute Gasteiger partial charge is 0.159 e. The minimum atomic E-state index is -0.235. The molecule has 1 aliphatic heterocycles. The van der Waals surface area contributed by atoms with Crippen molar-refractivity contribution in [3.8, 4) is 28.3 Å². The molecule has 1 N–H and O–H groups in total. The number of aliphatic imine (C=N–C) groups is 2. The summed E-state index contributed by atoms with van der Waals surface area (Å²) in [6.45, 7) is 0. The molecular formula is C38H26N4. The summed E-state index contributed by atoms with van der Waals surface area (Å²) >= 11 is 0. The van der Waals surface area contributed by atoms with E-state index in [-0.39, 0.29) is 6.17 Å². The lowest BCUT2D eigenvalue weighted by molar-refractivity contribution is 0.674. The first kappa shape index (κ1) is 25.2. The van der Waals surface area contributed by atoms with Crippen LogP contribution in [0.15, 0.2) is 156 Å². The molecule has 0 saturated carbocycles. The molecule has 0 saturated heterocycles. The molecule has 0 bridgehead atoms. The van der Waals surface area contributed by atoms with Crippen LogP contribution in [0.25, 0.3) is 33.0 Å². The number of fused-ring (bicyclic) bond motifs is 1. The van der Waals surface area contributed by atoms with E-state index in [1.165, 1.54) is 0 Å². The lowest BCUT2D eigenvalue weighted by Crippen LogP contribution is -2.33. The Morgan fingerprint density at radius 3 is 2.02 bits per heavy atom. The van der Waals surface area contributed by atoms with Crippen LogP contribution in [0, 0.1) is 11.3 Å². The van der Waals surface area contributed by atoms with Gasteiger partial charge in [-0.05, 0) is 50.7 Å². The van der Waals surface area contributed by atoms with Gasteiger partial charge < -0.3 is 5.32 Å². The largest absolute Gasteiger partial charge is 0.344 e. The standard InChI is InChI=1S/C38H26N4/c39-25-32-14-7-8-16-33(32)31-23-20-26-15-9-17-34(35(26)24-31)27-18-21-30(22-19-27)38-41-36(28-10-3-1-4-11-28)40-37(42-38)29-12-5-2-6-13-29/h1-24,36H,(H,40,41,42). The third kappa shape index (κ3) is 4.85. The van der Waals surface area contributed by atoms with Gasteiger partial charge in [0.25, 0.3) is 0 Å². The molecule has 0 aliphatic carbocycles. The molecular weight excluding hydrogens is 512 g/mol. The second-order valence-electron chi connectivity index (χ2n) is 10.2. The molecule has 1 atom stereocenters. The molecule has 7 rings (SSSR count). The van der Waals surface area contributed by atoms with Gasteiger partial charge in [0.15, 0.2) is 5.84 Å². The zero-order valence-corrected chi connectivity index (χ0v) is 22.8. The van der Waals surface area contributed by atoms with Crippen molar-refractivity contribution in [3.05, 3.63) is 168 Å². The maximum Gasteiger partial charge on any atom is 0.159 e. The summed E-state index contributed by atoms with van der Waals surface area (Å²) in [5, 5.41) is 15.5. The summed E-state index contributed by atoms with van der Waals surface area (Å²) in [5.74, 6) is 1.50. The molecule has 1 heterocycles. The van der Waals surface area contributed by atoms with E-state index in [2.05, 4.69) is 96.3 Å². The summed E-state index contributed by atoms with van der Waals surface area (Å²) in [4.78, 5) is 9.94. The van der Waals surface area contributed by atoms with E-state index in [0.717, 1.165) is 55.6 Å². The van der Waals surface area contributed by atoms with Crippen molar-refractivity contribution in [1.29, 1.82) is 5.26 Å². The van der Waals surface area contributed by atoms with Gasteiger partial charge in [-0.2, -0.15) is 5.26 Å². The van der Waals surface area contributed by atoms with E-state index in [0.29, 0.717) is 11.4 Å². The Labute approximate surface area is 245 Å². The first-order chi connectivity index (χ1) is 20.8. The Balaban J connectivity index is 1.28. The molecule has 0 aromatic heterocycles. The zero-order chi connectivity index (χ0) is 28.3. The fourth-order valence-corrected chi connectivity index (χ4v) is 5.45. The predicted molar refractivity (Wildman–Crippen MR) is 171 cm³/mol. The molecule has 0 amide bonds. The van der Waals surface area contributed by atoms with E-state index in [1.807, 2.05) is 60.7 Å². The van der Waals surface area contributed by atoms with Crippen LogP contribution in [0.2, 0.25) is 0 Å². The predicted octanol–water partition coefficient (Wildman–Crippen LogP) is 8.54. The van der Waals surface area contributed by atoms with Crippen LogP contribution in [0.5, 0.6) is 0 Å². The number of hydrogen-bond acceptors (Lipinski definition) is 4. The Morgan fingerprint density at radius 1 is 0.571 bits per heavy atom. The average molecular weight is 539 g/mol. The number of nitriles is 1. The molecule has 4 heteroatoms. The number of nitrogens with zero attached hydrogens (tertiary/aromatic N) is 3.